The fraction of sp³-hybridized carbons (Fsp3) is 0.120. The van der Waals surface area contributed by atoms with Crippen molar-refractivity contribution in [1.82, 2.24) is 5.43 Å². The highest BCUT2D eigenvalue weighted by Gasteiger charge is 2.13. The number of nitrogens with zero attached hydrogens (tertiary/aromatic N) is 1. The van der Waals surface area contributed by atoms with Crippen molar-refractivity contribution in [2.75, 3.05) is 24.4 Å². The molecule has 9 nitrogen and oxygen atoms in total. The van der Waals surface area contributed by atoms with Gasteiger partial charge >= 0.3 is 11.8 Å². The highest BCUT2D eigenvalue weighted by molar-refractivity contribution is 6.39. The van der Waals surface area contributed by atoms with E-state index in [1.54, 1.807) is 66.7 Å². The third-order valence-corrected chi connectivity index (χ3v) is 5.06. The number of para-hydroxylation sites is 1. The smallest absolute Gasteiger partial charge is 0.329 e. The lowest BCUT2D eigenvalue weighted by molar-refractivity contribution is -0.136. The molecule has 0 aliphatic heterocycles. The number of aryl methyl sites for hydroxylation is 1. The number of amides is 3. The van der Waals surface area contributed by atoms with Crippen LogP contribution in [0, 0.1) is 6.92 Å². The summed E-state index contributed by atoms with van der Waals surface area (Å²) in [6.45, 7) is 1.61. The topological polar surface area (TPSA) is 118 Å². The maximum atomic E-state index is 12.2. The van der Waals surface area contributed by atoms with E-state index < -0.39 is 11.8 Å². The molecule has 35 heavy (non-hydrogen) atoms. The Labute approximate surface area is 207 Å². The predicted octanol–water partition coefficient (Wildman–Crippen LogP) is 3.76. The first kappa shape index (κ1) is 25.3. The van der Waals surface area contributed by atoms with E-state index >= 15 is 0 Å². The number of carbonyl (C=O) groups excluding carboxylic acids is 3. The second kappa shape index (κ2) is 12.2. The summed E-state index contributed by atoms with van der Waals surface area (Å²) in [6, 6.07) is 18.5. The largest absolute Gasteiger partial charge is 0.497 e. The second-order valence-corrected chi connectivity index (χ2v) is 7.63. The number of carbonyl (C=O) groups is 3. The summed E-state index contributed by atoms with van der Waals surface area (Å²) >= 11 is 6.08. The van der Waals surface area contributed by atoms with Crippen LogP contribution < -0.4 is 25.5 Å². The molecule has 3 rings (SSSR count). The van der Waals surface area contributed by atoms with Gasteiger partial charge in [-0.1, -0.05) is 29.8 Å². The van der Waals surface area contributed by atoms with Crippen molar-refractivity contribution in [3.8, 4) is 11.5 Å². The van der Waals surface area contributed by atoms with Crippen molar-refractivity contribution in [3.05, 3.63) is 82.9 Å². The lowest BCUT2D eigenvalue weighted by Gasteiger charge is -2.10. The van der Waals surface area contributed by atoms with Crippen LogP contribution in [0.4, 0.5) is 11.4 Å². The molecule has 0 saturated carbocycles. The minimum atomic E-state index is -0.952. The van der Waals surface area contributed by atoms with Gasteiger partial charge in [0.1, 0.15) is 11.5 Å². The third-order valence-electron chi connectivity index (χ3n) is 4.66. The van der Waals surface area contributed by atoms with E-state index in [4.69, 9.17) is 21.1 Å². The van der Waals surface area contributed by atoms with Gasteiger partial charge in [-0.3, -0.25) is 14.4 Å². The van der Waals surface area contributed by atoms with Crippen LogP contribution in [-0.4, -0.2) is 37.7 Å². The number of hydrogen-bond donors (Lipinski definition) is 3. The number of ether oxygens (including phenoxy) is 2. The Bertz CT molecular complexity index is 1240. The van der Waals surface area contributed by atoms with Crippen molar-refractivity contribution in [1.29, 1.82) is 0 Å². The van der Waals surface area contributed by atoms with Gasteiger partial charge in [0.05, 0.1) is 13.3 Å². The normalized spacial score (nSPS) is 10.5. The highest BCUT2D eigenvalue weighted by Crippen LogP contribution is 2.20. The predicted molar refractivity (Wildman–Crippen MR) is 134 cm³/mol. The number of hydrogen-bond acceptors (Lipinski definition) is 6. The first-order valence-electron chi connectivity index (χ1n) is 10.4. The van der Waals surface area contributed by atoms with E-state index in [-0.39, 0.29) is 12.5 Å². The SMILES string of the molecule is COc1ccc(NC(=O)C(=O)N/N=C\c2ccccc2OCC(=O)Nc2ccc(C)c(Cl)c2)cc1. The molecule has 0 heterocycles. The van der Waals surface area contributed by atoms with Gasteiger partial charge in [-0.2, -0.15) is 5.10 Å². The Balaban J connectivity index is 1.52. The summed E-state index contributed by atoms with van der Waals surface area (Å²) in [6.07, 6.45) is 1.31. The second-order valence-electron chi connectivity index (χ2n) is 7.22. The molecule has 0 aliphatic rings. The third kappa shape index (κ3) is 7.58. The molecule has 0 fully saturated rings. The van der Waals surface area contributed by atoms with E-state index in [1.165, 1.54) is 13.3 Å². The highest BCUT2D eigenvalue weighted by atomic mass is 35.5. The quantitative estimate of drug-likeness (QED) is 0.250. The summed E-state index contributed by atoms with van der Waals surface area (Å²) in [5.41, 5.74) is 4.54. The maximum Gasteiger partial charge on any atom is 0.329 e. The molecular formula is C25H23ClN4O5. The van der Waals surface area contributed by atoms with Gasteiger partial charge in [-0.25, -0.2) is 5.43 Å². The van der Waals surface area contributed by atoms with Gasteiger partial charge in [0.25, 0.3) is 5.91 Å². The number of anilines is 2. The molecule has 0 saturated heterocycles. The van der Waals surface area contributed by atoms with Gasteiger partial charge < -0.3 is 20.1 Å². The fourth-order valence-electron chi connectivity index (χ4n) is 2.80. The van der Waals surface area contributed by atoms with Crippen molar-refractivity contribution < 1.29 is 23.9 Å². The van der Waals surface area contributed by atoms with Gasteiger partial charge in [0.15, 0.2) is 6.61 Å². The van der Waals surface area contributed by atoms with Crippen LogP contribution in [0.1, 0.15) is 11.1 Å². The van der Waals surface area contributed by atoms with Crippen LogP contribution >= 0.6 is 11.6 Å². The van der Waals surface area contributed by atoms with Crippen LogP contribution in [0.25, 0.3) is 0 Å². The molecule has 0 aliphatic carbocycles. The zero-order chi connectivity index (χ0) is 25.2. The fourth-order valence-corrected chi connectivity index (χ4v) is 2.98. The first-order valence-corrected chi connectivity index (χ1v) is 10.8. The van der Waals surface area contributed by atoms with Crippen LogP contribution in [-0.2, 0) is 14.4 Å². The van der Waals surface area contributed by atoms with Gasteiger partial charge in [0.2, 0.25) is 0 Å². The molecule has 0 bridgehead atoms. The average Bonchev–Trinajstić information content (AvgIpc) is 2.86. The molecule has 3 aromatic carbocycles. The summed E-state index contributed by atoms with van der Waals surface area (Å²) in [5.74, 6) is -1.23. The molecular weight excluding hydrogens is 472 g/mol. The van der Waals surface area contributed by atoms with Crippen molar-refractivity contribution in [3.63, 3.8) is 0 Å². The molecule has 180 valence electrons. The van der Waals surface area contributed by atoms with Crippen molar-refractivity contribution >= 4 is 46.9 Å². The molecule has 0 atom stereocenters. The molecule has 3 amide bonds. The van der Waals surface area contributed by atoms with E-state index in [2.05, 4.69) is 21.2 Å². The van der Waals surface area contributed by atoms with Crippen LogP contribution in [0.15, 0.2) is 71.8 Å². The summed E-state index contributed by atoms with van der Waals surface area (Å²) < 4.78 is 10.6. The zero-order valence-electron chi connectivity index (χ0n) is 19.0. The number of methoxy groups -OCH3 is 1. The monoisotopic (exact) mass is 494 g/mol. The van der Waals surface area contributed by atoms with Crippen LogP contribution in [0.2, 0.25) is 5.02 Å². The molecule has 0 radical (unpaired) electrons. The summed E-state index contributed by atoms with van der Waals surface area (Å²) in [4.78, 5) is 36.3. The average molecular weight is 495 g/mol. The van der Waals surface area contributed by atoms with Crippen LogP contribution in [0.3, 0.4) is 0 Å². The minimum absolute atomic E-state index is 0.257. The molecule has 0 aromatic heterocycles. The van der Waals surface area contributed by atoms with Crippen molar-refractivity contribution in [2.24, 2.45) is 5.10 Å². The molecule has 0 spiro atoms. The maximum absolute atomic E-state index is 12.2. The van der Waals surface area contributed by atoms with Gasteiger partial charge in [0, 0.05) is 22.0 Å². The number of benzene rings is 3. The minimum Gasteiger partial charge on any atom is -0.497 e. The Kier molecular flexibility index (Phi) is 8.80. The first-order chi connectivity index (χ1) is 16.9. The Morgan fingerprint density at radius 2 is 1.66 bits per heavy atom. The zero-order valence-corrected chi connectivity index (χ0v) is 19.8. The van der Waals surface area contributed by atoms with Gasteiger partial charge in [-0.15, -0.1) is 0 Å². The van der Waals surface area contributed by atoms with E-state index in [1.807, 2.05) is 6.92 Å². The number of hydrazone groups is 1. The Hall–Kier alpha value is -4.37. The number of rotatable bonds is 8. The Morgan fingerprint density at radius 3 is 2.37 bits per heavy atom. The molecule has 10 heteroatoms. The summed E-state index contributed by atoms with van der Waals surface area (Å²) in [7, 11) is 1.53. The summed E-state index contributed by atoms with van der Waals surface area (Å²) in [5, 5.41) is 9.51. The number of nitrogens with one attached hydrogen (secondary N) is 3. The molecule has 3 aromatic rings. The standard InChI is InChI=1S/C25H23ClN4O5/c1-16-7-8-19(13-21(16)26)28-23(31)15-35-22-6-4-3-5-17(22)14-27-30-25(33)24(32)29-18-9-11-20(34-2)12-10-18/h3-14H,15H2,1-2H3,(H,28,31)(H,29,32)(H,30,33)/b27-14-. The van der Waals surface area contributed by atoms with Crippen molar-refractivity contribution in [2.45, 2.75) is 6.92 Å². The Morgan fingerprint density at radius 1 is 0.943 bits per heavy atom. The van der Waals surface area contributed by atoms with E-state index in [0.29, 0.717) is 33.5 Å². The molecule has 3 N–H and O–H groups in total. The van der Waals surface area contributed by atoms with Gasteiger partial charge in [-0.05, 0) is 61.0 Å². The van der Waals surface area contributed by atoms with E-state index in [0.717, 1.165) is 5.56 Å². The molecule has 0 unspecified atom stereocenters. The lowest BCUT2D eigenvalue weighted by atomic mass is 10.2. The van der Waals surface area contributed by atoms with Crippen LogP contribution in [0.5, 0.6) is 11.5 Å². The number of halogens is 1. The van der Waals surface area contributed by atoms with E-state index in [9.17, 15) is 14.4 Å². The lowest BCUT2D eigenvalue weighted by Crippen LogP contribution is -2.32.